The van der Waals surface area contributed by atoms with Crippen LogP contribution in [-0.2, 0) is 16.6 Å². The number of aromatic nitrogens is 1. The summed E-state index contributed by atoms with van der Waals surface area (Å²) in [4.78, 5) is 17.9. The van der Waals surface area contributed by atoms with Gasteiger partial charge in [0.2, 0.25) is 10.0 Å². The second kappa shape index (κ2) is 10.1. The molecule has 1 aliphatic rings. The summed E-state index contributed by atoms with van der Waals surface area (Å²) in [6.45, 7) is 2.74. The van der Waals surface area contributed by atoms with Crippen LogP contribution in [-0.4, -0.2) is 42.9 Å². The molecule has 0 atom stereocenters. The third-order valence-electron chi connectivity index (χ3n) is 6.03. The van der Waals surface area contributed by atoms with Crippen LogP contribution in [0.5, 0.6) is 5.75 Å². The van der Waals surface area contributed by atoms with Gasteiger partial charge in [-0.25, -0.2) is 8.42 Å². The molecular weight excluding hydrogens is 470 g/mol. The van der Waals surface area contributed by atoms with Gasteiger partial charge in [0.25, 0.3) is 5.91 Å². The lowest BCUT2D eigenvalue weighted by molar-refractivity contribution is 0.0997. The first-order chi connectivity index (χ1) is 16.3. The van der Waals surface area contributed by atoms with Crippen molar-refractivity contribution in [3.63, 3.8) is 0 Å². The van der Waals surface area contributed by atoms with E-state index < -0.39 is 15.9 Å². The van der Waals surface area contributed by atoms with E-state index in [1.54, 1.807) is 7.05 Å². The van der Waals surface area contributed by atoms with Gasteiger partial charge in [-0.1, -0.05) is 30.1 Å². The fourth-order valence-electron chi connectivity index (χ4n) is 4.19. The zero-order chi connectivity index (χ0) is 24.3. The number of nitrogens with zero attached hydrogens (tertiary/aromatic N) is 3. The highest BCUT2D eigenvalue weighted by Gasteiger charge is 2.30. The third kappa shape index (κ3) is 4.80. The minimum Gasteiger partial charge on any atom is -0.494 e. The largest absolute Gasteiger partial charge is 0.494 e. The predicted octanol–water partition coefficient (Wildman–Crippen LogP) is 4.04. The molecule has 2 aromatic carbocycles. The van der Waals surface area contributed by atoms with Crippen LogP contribution in [0.1, 0.15) is 43.0 Å². The van der Waals surface area contributed by atoms with Gasteiger partial charge in [-0.2, -0.15) is 9.30 Å². The lowest BCUT2D eigenvalue weighted by Gasteiger charge is -2.23. The zero-order valence-corrected chi connectivity index (χ0v) is 20.9. The molecule has 0 spiro atoms. The van der Waals surface area contributed by atoms with Crippen LogP contribution in [0.3, 0.4) is 0 Å². The molecule has 9 heteroatoms. The average Bonchev–Trinajstić information content (AvgIpc) is 3.48. The lowest BCUT2D eigenvalue weighted by atomic mass is 10.2. The fourth-order valence-corrected chi connectivity index (χ4v) is 6.66. The number of benzene rings is 2. The Morgan fingerprint density at radius 2 is 1.94 bits per heavy atom. The van der Waals surface area contributed by atoms with Crippen molar-refractivity contribution in [3.05, 3.63) is 52.8 Å². The number of terminal acetylenes is 1. The Bertz CT molecular complexity index is 1410. The summed E-state index contributed by atoms with van der Waals surface area (Å²) >= 11 is 1.35. The predicted molar refractivity (Wildman–Crippen MR) is 133 cm³/mol. The highest BCUT2D eigenvalue weighted by Crippen LogP contribution is 2.27. The molecule has 0 unspecified atom stereocenters. The molecule has 3 aromatic rings. The number of hydrogen-bond acceptors (Lipinski definition) is 5. The number of rotatable bonds is 7. The van der Waals surface area contributed by atoms with Crippen LogP contribution >= 0.6 is 11.3 Å². The molecule has 0 saturated heterocycles. The first-order valence-corrected chi connectivity index (χ1v) is 13.5. The van der Waals surface area contributed by atoms with Crippen molar-refractivity contribution in [3.8, 4) is 18.1 Å². The van der Waals surface area contributed by atoms with Gasteiger partial charge in [-0.3, -0.25) is 4.79 Å². The Labute approximate surface area is 203 Å². The molecule has 34 heavy (non-hydrogen) atoms. The second-order valence-electron chi connectivity index (χ2n) is 8.14. The highest BCUT2D eigenvalue weighted by atomic mass is 32.2. The zero-order valence-electron chi connectivity index (χ0n) is 19.2. The normalized spacial score (nSPS) is 15.2. The van der Waals surface area contributed by atoms with Gasteiger partial charge in [0.1, 0.15) is 5.75 Å². The second-order valence-corrected chi connectivity index (χ2v) is 11.1. The molecule has 7 nitrogen and oxygen atoms in total. The van der Waals surface area contributed by atoms with E-state index in [0.29, 0.717) is 17.0 Å². The number of hydrogen-bond donors (Lipinski definition) is 0. The highest BCUT2D eigenvalue weighted by molar-refractivity contribution is 7.89. The van der Waals surface area contributed by atoms with E-state index in [9.17, 15) is 13.2 Å². The molecule has 0 aliphatic heterocycles. The summed E-state index contributed by atoms with van der Waals surface area (Å²) in [5.41, 5.74) is 1.18. The molecule has 0 bridgehead atoms. The van der Waals surface area contributed by atoms with E-state index in [-0.39, 0.29) is 17.5 Å². The molecule has 0 N–H and O–H groups in total. The van der Waals surface area contributed by atoms with Crippen molar-refractivity contribution >= 4 is 37.5 Å². The van der Waals surface area contributed by atoms with Crippen LogP contribution in [0.4, 0.5) is 0 Å². The number of amides is 1. The molecule has 178 valence electrons. The van der Waals surface area contributed by atoms with E-state index >= 15 is 0 Å². The van der Waals surface area contributed by atoms with E-state index in [4.69, 9.17) is 11.2 Å². The van der Waals surface area contributed by atoms with Gasteiger partial charge in [-0.15, -0.1) is 6.42 Å². The summed E-state index contributed by atoms with van der Waals surface area (Å²) in [6.07, 6.45) is 9.40. The maximum Gasteiger partial charge on any atom is 0.279 e. The Morgan fingerprint density at radius 1 is 1.24 bits per heavy atom. The van der Waals surface area contributed by atoms with Crippen molar-refractivity contribution in [2.45, 2.75) is 50.1 Å². The Balaban J connectivity index is 1.64. The Kier molecular flexibility index (Phi) is 7.22. The summed E-state index contributed by atoms with van der Waals surface area (Å²) in [7, 11) is -1.98. The maximum atomic E-state index is 13.0. The number of carbonyl (C=O) groups excluding carboxylic acids is 1. The van der Waals surface area contributed by atoms with Crippen molar-refractivity contribution in [2.24, 2.45) is 4.99 Å². The molecule has 1 amide bonds. The molecule has 1 aromatic heterocycles. The van der Waals surface area contributed by atoms with Crippen LogP contribution < -0.4 is 9.54 Å². The minimum atomic E-state index is -3.61. The number of thiazole rings is 1. The quantitative estimate of drug-likeness (QED) is 0.462. The first-order valence-electron chi connectivity index (χ1n) is 11.2. The molecule has 1 heterocycles. The standard InChI is InChI=1S/C25H27N3O4S2/c1-4-16-28-22-15-12-20(32-5-2)17-23(22)33-25(28)26-24(29)18-10-13-21(14-11-18)34(30,31)27(3)19-8-6-7-9-19/h1,10-15,17,19H,5-9,16H2,2-3H3. The molecule has 1 fully saturated rings. The summed E-state index contributed by atoms with van der Waals surface area (Å²) in [5, 5.41) is 0. The number of carbonyl (C=O) groups is 1. The summed E-state index contributed by atoms with van der Waals surface area (Å²) in [6, 6.07) is 11.7. The molecule has 1 aliphatic carbocycles. The van der Waals surface area contributed by atoms with E-state index in [1.807, 2.05) is 29.7 Å². The maximum absolute atomic E-state index is 13.0. The van der Waals surface area contributed by atoms with Crippen LogP contribution in [0.25, 0.3) is 10.2 Å². The first kappa shape index (κ1) is 24.2. The minimum absolute atomic E-state index is 0.0316. The third-order valence-corrected chi connectivity index (χ3v) is 8.99. The van der Waals surface area contributed by atoms with Crippen molar-refractivity contribution in [1.29, 1.82) is 0 Å². The SMILES string of the molecule is C#CCn1c(=NC(=O)c2ccc(S(=O)(=O)N(C)C3CCCC3)cc2)sc2cc(OCC)ccc21. The molecular formula is C25H27N3O4S2. The van der Waals surface area contributed by atoms with Gasteiger partial charge in [0.15, 0.2) is 4.80 Å². The van der Waals surface area contributed by atoms with Crippen molar-refractivity contribution < 1.29 is 17.9 Å². The smallest absolute Gasteiger partial charge is 0.279 e. The van der Waals surface area contributed by atoms with Crippen molar-refractivity contribution in [2.75, 3.05) is 13.7 Å². The fraction of sp³-hybridized carbons (Fsp3) is 0.360. The van der Waals surface area contributed by atoms with Gasteiger partial charge in [0, 0.05) is 18.7 Å². The Morgan fingerprint density at radius 3 is 2.59 bits per heavy atom. The molecule has 4 rings (SSSR count). The number of ether oxygens (including phenoxy) is 1. The van der Waals surface area contributed by atoms with Crippen LogP contribution in [0.2, 0.25) is 0 Å². The van der Waals surface area contributed by atoms with Crippen LogP contribution in [0, 0.1) is 12.3 Å². The molecule has 0 radical (unpaired) electrons. The van der Waals surface area contributed by atoms with Gasteiger partial charge < -0.3 is 9.30 Å². The summed E-state index contributed by atoms with van der Waals surface area (Å²) < 4.78 is 35.7. The number of sulfonamides is 1. The van der Waals surface area contributed by atoms with E-state index in [2.05, 4.69) is 10.9 Å². The molecule has 1 saturated carbocycles. The monoisotopic (exact) mass is 497 g/mol. The van der Waals surface area contributed by atoms with Gasteiger partial charge >= 0.3 is 0 Å². The van der Waals surface area contributed by atoms with E-state index in [1.165, 1.54) is 39.9 Å². The van der Waals surface area contributed by atoms with Gasteiger partial charge in [0.05, 0.1) is 28.3 Å². The summed E-state index contributed by atoms with van der Waals surface area (Å²) in [5.74, 6) is 2.88. The lowest BCUT2D eigenvalue weighted by Crippen LogP contribution is -2.35. The van der Waals surface area contributed by atoms with Gasteiger partial charge in [-0.05, 0) is 62.2 Å². The topological polar surface area (TPSA) is 81.0 Å². The van der Waals surface area contributed by atoms with Crippen molar-refractivity contribution in [1.82, 2.24) is 8.87 Å². The van der Waals surface area contributed by atoms with Crippen LogP contribution in [0.15, 0.2) is 52.4 Å². The van der Waals surface area contributed by atoms with E-state index in [0.717, 1.165) is 41.6 Å². The Hall–Kier alpha value is -2.93. The average molecular weight is 498 g/mol. The number of fused-ring (bicyclic) bond motifs is 1.